The fraction of sp³-hybridized carbons (Fsp3) is 0.750. The van der Waals surface area contributed by atoms with Crippen molar-refractivity contribution in [1.82, 2.24) is 0 Å². The van der Waals surface area contributed by atoms with Crippen molar-refractivity contribution in [2.75, 3.05) is 27.4 Å². The van der Waals surface area contributed by atoms with Gasteiger partial charge in [-0.25, -0.2) is 0 Å². The summed E-state index contributed by atoms with van der Waals surface area (Å²) >= 11 is 0. The number of carbonyl (C=O) groups excluding carboxylic acids is 4. The highest BCUT2D eigenvalue weighted by atomic mass is 16.6. The molecule has 0 aliphatic rings. The van der Waals surface area contributed by atoms with E-state index in [1.165, 1.54) is 28.1 Å². The topological polar surface area (TPSA) is 124 Å². The summed E-state index contributed by atoms with van der Waals surface area (Å²) in [5.74, 6) is -2.62. The molecule has 10 heteroatoms. The van der Waals surface area contributed by atoms with Gasteiger partial charge >= 0.3 is 23.9 Å². The monoisotopic (exact) mass is 378 g/mol. The molecule has 0 aliphatic heterocycles. The van der Waals surface area contributed by atoms with E-state index in [-0.39, 0.29) is 13.2 Å². The maximum atomic E-state index is 11.5. The van der Waals surface area contributed by atoms with E-state index in [1.807, 2.05) is 0 Å². The predicted molar refractivity (Wildman–Crippen MR) is 86.0 cm³/mol. The van der Waals surface area contributed by atoms with Crippen molar-refractivity contribution in [3.8, 4) is 0 Å². The number of rotatable bonds is 11. The Morgan fingerprint density at radius 1 is 0.654 bits per heavy atom. The Labute approximate surface area is 152 Å². The van der Waals surface area contributed by atoms with Crippen molar-refractivity contribution in [3.63, 3.8) is 0 Å². The Morgan fingerprint density at radius 2 is 1.12 bits per heavy atom. The number of hydrogen-bond acceptors (Lipinski definition) is 10. The summed E-state index contributed by atoms with van der Waals surface area (Å²) in [5, 5.41) is 0. The van der Waals surface area contributed by atoms with E-state index in [1.54, 1.807) is 0 Å². The van der Waals surface area contributed by atoms with Crippen molar-refractivity contribution in [1.29, 1.82) is 0 Å². The molecule has 10 nitrogen and oxygen atoms in total. The molecule has 0 fully saturated rings. The highest BCUT2D eigenvalue weighted by Crippen LogP contribution is 2.19. The maximum Gasteiger partial charge on any atom is 0.303 e. The lowest BCUT2D eigenvalue weighted by Crippen LogP contribution is -2.53. The number of methoxy groups -OCH3 is 2. The lowest BCUT2D eigenvalue weighted by Gasteiger charge is -2.34. The van der Waals surface area contributed by atoms with Gasteiger partial charge < -0.3 is 28.4 Å². The normalized spacial score (nSPS) is 15.2. The first-order valence-electron chi connectivity index (χ1n) is 7.79. The van der Waals surface area contributed by atoms with Gasteiger partial charge in [0.2, 0.25) is 0 Å². The lowest BCUT2D eigenvalue weighted by molar-refractivity contribution is -0.199. The van der Waals surface area contributed by atoms with Crippen molar-refractivity contribution in [3.05, 3.63) is 0 Å². The largest absolute Gasteiger partial charge is 0.462 e. The van der Waals surface area contributed by atoms with Crippen LogP contribution in [0.2, 0.25) is 0 Å². The van der Waals surface area contributed by atoms with Gasteiger partial charge in [-0.05, 0) is 0 Å². The molecule has 150 valence electrons. The van der Waals surface area contributed by atoms with Crippen LogP contribution in [0.3, 0.4) is 0 Å². The molecule has 0 rings (SSSR count). The molecule has 0 saturated carbocycles. The minimum Gasteiger partial charge on any atom is -0.462 e. The van der Waals surface area contributed by atoms with Gasteiger partial charge in [0.25, 0.3) is 0 Å². The lowest BCUT2D eigenvalue weighted by atomic mass is 10.0. The zero-order valence-electron chi connectivity index (χ0n) is 15.8. The van der Waals surface area contributed by atoms with Crippen LogP contribution in [0.1, 0.15) is 27.7 Å². The molecule has 0 N–H and O–H groups in total. The minimum absolute atomic E-state index is 0.0732. The van der Waals surface area contributed by atoms with Crippen LogP contribution in [0.4, 0.5) is 0 Å². The zero-order valence-corrected chi connectivity index (χ0v) is 15.8. The summed E-state index contributed by atoms with van der Waals surface area (Å²) in [6.45, 7) is 4.20. The van der Waals surface area contributed by atoms with Gasteiger partial charge in [0.05, 0.1) is 6.61 Å². The third-order valence-corrected chi connectivity index (χ3v) is 3.05. The van der Waals surface area contributed by atoms with E-state index >= 15 is 0 Å². The molecule has 0 aromatic rings. The summed E-state index contributed by atoms with van der Waals surface area (Å²) < 4.78 is 30.7. The predicted octanol–water partition coefficient (Wildman–Crippen LogP) is 0.00600. The number of carbonyl (C=O) groups is 4. The van der Waals surface area contributed by atoms with Gasteiger partial charge in [0.1, 0.15) is 12.7 Å². The van der Waals surface area contributed by atoms with Crippen LogP contribution in [-0.4, -0.2) is 75.7 Å². The molecule has 4 atom stereocenters. The molecular weight excluding hydrogens is 352 g/mol. The second-order valence-electron chi connectivity index (χ2n) is 5.33. The van der Waals surface area contributed by atoms with E-state index in [9.17, 15) is 19.2 Å². The first-order chi connectivity index (χ1) is 12.1. The van der Waals surface area contributed by atoms with Crippen LogP contribution in [0, 0.1) is 0 Å². The molecule has 0 bridgehead atoms. The molecule has 0 amide bonds. The van der Waals surface area contributed by atoms with Crippen molar-refractivity contribution >= 4 is 23.9 Å². The first kappa shape index (κ1) is 23.8. The smallest absolute Gasteiger partial charge is 0.303 e. The Balaban J connectivity index is 5.74. The number of hydrogen-bond donors (Lipinski definition) is 0. The van der Waals surface area contributed by atoms with Gasteiger partial charge in [-0.3, -0.25) is 19.2 Å². The highest BCUT2D eigenvalue weighted by Gasteiger charge is 2.41. The Hall–Kier alpha value is -2.20. The quantitative estimate of drug-likeness (QED) is 0.358. The average Bonchev–Trinajstić information content (AvgIpc) is 2.50. The van der Waals surface area contributed by atoms with E-state index in [4.69, 9.17) is 28.4 Å². The molecule has 0 heterocycles. The van der Waals surface area contributed by atoms with Gasteiger partial charge in [-0.1, -0.05) is 0 Å². The molecule has 0 saturated heterocycles. The molecule has 0 aromatic carbocycles. The van der Waals surface area contributed by atoms with Crippen LogP contribution in [-0.2, 0) is 47.6 Å². The van der Waals surface area contributed by atoms with Crippen molar-refractivity contribution in [2.45, 2.75) is 52.1 Å². The third-order valence-electron chi connectivity index (χ3n) is 3.05. The Kier molecular flexibility index (Phi) is 11.2. The van der Waals surface area contributed by atoms with Gasteiger partial charge in [-0.2, -0.15) is 0 Å². The van der Waals surface area contributed by atoms with Gasteiger partial charge in [0.15, 0.2) is 18.3 Å². The molecule has 26 heavy (non-hydrogen) atoms. The molecule has 0 spiro atoms. The summed E-state index contributed by atoms with van der Waals surface area (Å²) in [5.41, 5.74) is 0. The SMILES string of the molecule is COC[C@@H](OC(C)=O)[C@@H](OC)[C@H](OC(C)=O)[C@@H](COC(C)=O)OC(C)=O. The second kappa shape index (κ2) is 12.2. The third kappa shape index (κ3) is 9.33. The van der Waals surface area contributed by atoms with E-state index < -0.39 is 48.3 Å². The van der Waals surface area contributed by atoms with Gasteiger partial charge in [-0.15, -0.1) is 0 Å². The van der Waals surface area contributed by atoms with Crippen LogP contribution in [0.5, 0.6) is 0 Å². The summed E-state index contributed by atoms with van der Waals surface area (Å²) in [6.07, 6.45) is -4.43. The van der Waals surface area contributed by atoms with E-state index in [2.05, 4.69) is 0 Å². The zero-order chi connectivity index (χ0) is 20.3. The first-order valence-corrected chi connectivity index (χ1v) is 7.79. The van der Waals surface area contributed by atoms with Crippen molar-refractivity contribution < 1.29 is 47.6 Å². The molecule has 0 radical (unpaired) electrons. The fourth-order valence-corrected chi connectivity index (χ4v) is 2.23. The molecule has 0 aliphatic carbocycles. The molecule has 0 unspecified atom stereocenters. The standard InChI is InChI=1S/C16H26O10/c1-9(17)23-8-14(25-11(3)19)16(26-12(4)20)15(22-6)13(7-21-5)24-10(2)18/h13-16H,7-8H2,1-6H3/t13-,14-,15-,16-/m1/s1. The van der Waals surface area contributed by atoms with Crippen LogP contribution < -0.4 is 0 Å². The molecular formula is C16H26O10. The van der Waals surface area contributed by atoms with E-state index in [0.717, 1.165) is 13.8 Å². The highest BCUT2D eigenvalue weighted by molar-refractivity contribution is 5.68. The van der Waals surface area contributed by atoms with E-state index in [0.29, 0.717) is 0 Å². The Morgan fingerprint density at radius 3 is 1.46 bits per heavy atom. The van der Waals surface area contributed by atoms with Crippen LogP contribution in [0.15, 0.2) is 0 Å². The van der Waals surface area contributed by atoms with Crippen molar-refractivity contribution in [2.24, 2.45) is 0 Å². The summed E-state index contributed by atoms with van der Waals surface area (Å²) in [4.78, 5) is 45.4. The number of ether oxygens (including phenoxy) is 6. The summed E-state index contributed by atoms with van der Waals surface area (Å²) in [7, 11) is 2.68. The number of esters is 4. The summed E-state index contributed by atoms with van der Waals surface area (Å²) in [6, 6.07) is 0. The Bertz CT molecular complexity index is 489. The minimum atomic E-state index is -1.22. The van der Waals surface area contributed by atoms with Crippen LogP contribution in [0.25, 0.3) is 0 Å². The van der Waals surface area contributed by atoms with Gasteiger partial charge in [0, 0.05) is 41.9 Å². The van der Waals surface area contributed by atoms with Crippen LogP contribution >= 0.6 is 0 Å². The second-order valence-corrected chi connectivity index (χ2v) is 5.33. The maximum absolute atomic E-state index is 11.5. The fourth-order valence-electron chi connectivity index (χ4n) is 2.23. The average molecular weight is 378 g/mol. The molecule has 0 aromatic heterocycles.